The summed E-state index contributed by atoms with van der Waals surface area (Å²) in [6, 6.07) is 3.21. The van der Waals surface area contributed by atoms with Crippen molar-refractivity contribution in [1.29, 1.82) is 0 Å². The molecule has 146 valence electrons. The lowest BCUT2D eigenvalue weighted by Crippen LogP contribution is -2.44. The number of carbonyl (C=O) groups excluding carboxylic acids is 3. The zero-order chi connectivity index (χ0) is 19.4. The average molecular weight is 379 g/mol. The summed E-state index contributed by atoms with van der Waals surface area (Å²) in [4.78, 5) is 37.6. The van der Waals surface area contributed by atoms with Crippen LogP contribution >= 0.6 is 0 Å². The number of hydrogen-bond acceptors (Lipinski definition) is 3. The van der Waals surface area contributed by atoms with Gasteiger partial charge in [0.05, 0.1) is 0 Å². The van der Waals surface area contributed by atoms with E-state index >= 15 is 0 Å². The van der Waals surface area contributed by atoms with Gasteiger partial charge in [0, 0.05) is 19.5 Å². The Balaban J connectivity index is 1.37. The minimum Gasteiger partial charge on any atom is -0.356 e. The van der Waals surface area contributed by atoms with E-state index in [4.69, 9.17) is 0 Å². The van der Waals surface area contributed by atoms with Gasteiger partial charge < -0.3 is 10.6 Å². The molecule has 0 radical (unpaired) electrons. The lowest BCUT2D eigenvalue weighted by Gasteiger charge is -2.20. The Morgan fingerprint density at radius 2 is 1.93 bits per heavy atom. The van der Waals surface area contributed by atoms with E-state index < -0.39 is 17.2 Å². The first-order valence-corrected chi connectivity index (χ1v) is 9.26. The molecule has 1 heterocycles. The van der Waals surface area contributed by atoms with E-state index in [1.54, 1.807) is 0 Å². The van der Waals surface area contributed by atoms with E-state index in [1.165, 1.54) is 11.0 Å². The quantitative estimate of drug-likeness (QED) is 0.564. The number of carbonyl (C=O) groups is 3. The van der Waals surface area contributed by atoms with E-state index in [0.29, 0.717) is 37.8 Å². The van der Waals surface area contributed by atoms with Gasteiger partial charge in [0.15, 0.2) is 11.6 Å². The van der Waals surface area contributed by atoms with Gasteiger partial charge in [-0.1, -0.05) is 18.9 Å². The van der Waals surface area contributed by atoms with E-state index in [9.17, 15) is 23.2 Å². The van der Waals surface area contributed by atoms with E-state index in [-0.39, 0.29) is 30.8 Å². The third-order valence-corrected chi connectivity index (χ3v) is 5.21. The lowest BCUT2D eigenvalue weighted by atomic mass is 9.98. The molecule has 1 spiro atoms. The molecule has 2 N–H and O–H groups in total. The average Bonchev–Trinajstić information content (AvgIpc) is 3.19. The first-order valence-electron chi connectivity index (χ1n) is 9.26. The van der Waals surface area contributed by atoms with Crippen molar-refractivity contribution in [3.05, 3.63) is 35.4 Å². The Hall–Kier alpha value is -2.51. The van der Waals surface area contributed by atoms with E-state index in [2.05, 4.69) is 10.6 Å². The highest BCUT2D eigenvalue weighted by molar-refractivity contribution is 6.07. The molecule has 27 heavy (non-hydrogen) atoms. The maximum atomic E-state index is 13.1. The number of hydrogen-bond donors (Lipinski definition) is 2. The van der Waals surface area contributed by atoms with Crippen molar-refractivity contribution in [2.75, 3.05) is 13.1 Å². The Bertz CT molecular complexity index is 748. The number of urea groups is 1. The maximum absolute atomic E-state index is 13.1. The maximum Gasteiger partial charge on any atom is 0.325 e. The molecule has 6 nitrogen and oxygen atoms in total. The molecular weight excluding hydrogens is 356 g/mol. The van der Waals surface area contributed by atoms with Crippen LogP contribution in [0.1, 0.15) is 44.1 Å². The van der Waals surface area contributed by atoms with Crippen LogP contribution in [0.25, 0.3) is 0 Å². The smallest absolute Gasteiger partial charge is 0.325 e. The summed E-state index contributed by atoms with van der Waals surface area (Å²) in [6.07, 6.45) is 4.17. The summed E-state index contributed by atoms with van der Waals surface area (Å²) < 4.78 is 26.0. The van der Waals surface area contributed by atoms with Crippen LogP contribution in [0, 0.1) is 11.6 Å². The second-order valence-electron chi connectivity index (χ2n) is 7.13. The summed E-state index contributed by atoms with van der Waals surface area (Å²) >= 11 is 0. The van der Waals surface area contributed by atoms with Gasteiger partial charge in [-0.2, -0.15) is 0 Å². The molecule has 1 aromatic rings. The van der Waals surface area contributed by atoms with Crippen molar-refractivity contribution in [2.24, 2.45) is 0 Å². The molecule has 1 aromatic carbocycles. The predicted molar refractivity (Wildman–Crippen MR) is 93.7 cm³/mol. The Morgan fingerprint density at radius 1 is 1.19 bits per heavy atom. The second-order valence-corrected chi connectivity index (χ2v) is 7.13. The standard InChI is InChI=1S/C19H23F2N3O3/c20-14-6-4-13(12-15(14)21)5-7-16(25)22-10-3-11-24-17(26)19(23-18(24)27)8-1-2-9-19/h4,6,12H,1-3,5,7-11H2,(H,22,25)(H,23,27). The van der Waals surface area contributed by atoms with Crippen molar-refractivity contribution in [2.45, 2.75) is 50.5 Å². The first kappa shape index (κ1) is 19.3. The number of nitrogens with one attached hydrogen (secondary N) is 2. The zero-order valence-corrected chi connectivity index (χ0v) is 15.0. The van der Waals surface area contributed by atoms with Gasteiger partial charge in [0.1, 0.15) is 5.54 Å². The highest BCUT2D eigenvalue weighted by atomic mass is 19.2. The fourth-order valence-electron chi connectivity index (χ4n) is 3.70. The number of nitrogens with zero attached hydrogens (tertiary/aromatic N) is 1. The number of amides is 4. The highest BCUT2D eigenvalue weighted by Gasteiger charge is 2.51. The van der Waals surface area contributed by atoms with Gasteiger partial charge in [-0.15, -0.1) is 0 Å². The fourth-order valence-corrected chi connectivity index (χ4v) is 3.70. The van der Waals surface area contributed by atoms with Gasteiger partial charge in [-0.25, -0.2) is 13.6 Å². The van der Waals surface area contributed by atoms with Crippen molar-refractivity contribution in [3.8, 4) is 0 Å². The van der Waals surface area contributed by atoms with Gasteiger partial charge >= 0.3 is 6.03 Å². The van der Waals surface area contributed by atoms with Crippen LogP contribution in [-0.2, 0) is 16.0 Å². The normalized spacial score (nSPS) is 18.2. The van der Waals surface area contributed by atoms with Crippen molar-refractivity contribution >= 4 is 17.8 Å². The Kier molecular flexibility index (Phi) is 5.72. The first-order chi connectivity index (χ1) is 12.9. The van der Waals surface area contributed by atoms with Crippen LogP contribution in [0.15, 0.2) is 18.2 Å². The number of halogens is 2. The van der Waals surface area contributed by atoms with Gasteiger partial charge in [0.25, 0.3) is 5.91 Å². The largest absolute Gasteiger partial charge is 0.356 e. The van der Waals surface area contributed by atoms with E-state index in [1.807, 2.05) is 0 Å². The lowest BCUT2D eigenvalue weighted by molar-refractivity contribution is -0.131. The Morgan fingerprint density at radius 3 is 2.63 bits per heavy atom. The number of imide groups is 1. The second kappa shape index (κ2) is 8.02. The molecule has 1 aliphatic carbocycles. The molecule has 8 heteroatoms. The van der Waals surface area contributed by atoms with Crippen molar-refractivity contribution < 1.29 is 23.2 Å². The van der Waals surface area contributed by atoms with Crippen LogP contribution in [0.2, 0.25) is 0 Å². The summed E-state index contributed by atoms with van der Waals surface area (Å²) in [5, 5.41) is 5.54. The molecule has 0 aromatic heterocycles. The molecule has 1 saturated heterocycles. The summed E-state index contributed by atoms with van der Waals surface area (Å²) in [7, 11) is 0. The molecule has 0 bridgehead atoms. The SMILES string of the molecule is O=C(CCc1ccc(F)c(F)c1)NCCCN1C(=O)NC2(CCCC2)C1=O. The molecule has 1 saturated carbocycles. The minimum absolute atomic E-state index is 0.150. The zero-order valence-electron chi connectivity index (χ0n) is 15.0. The van der Waals surface area contributed by atoms with Crippen molar-refractivity contribution in [1.82, 2.24) is 15.5 Å². The van der Waals surface area contributed by atoms with Gasteiger partial charge in [-0.05, 0) is 43.4 Å². The molecule has 1 aliphatic heterocycles. The van der Waals surface area contributed by atoms with Crippen LogP contribution in [0.3, 0.4) is 0 Å². The topological polar surface area (TPSA) is 78.5 Å². The summed E-state index contributed by atoms with van der Waals surface area (Å²) in [5.41, 5.74) is -0.157. The monoisotopic (exact) mass is 379 g/mol. The van der Waals surface area contributed by atoms with Crippen LogP contribution in [0.5, 0.6) is 0 Å². The third-order valence-electron chi connectivity index (χ3n) is 5.21. The van der Waals surface area contributed by atoms with Gasteiger partial charge in [-0.3, -0.25) is 14.5 Å². The number of aryl methyl sites for hydroxylation is 1. The fraction of sp³-hybridized carbons (Fsp3) is 0.526. The molecule has 2 fully saturated rings. The molecule has 4 amide bonds. The van der Waals surface area contributed by atoms with Crippen LogP contribution < -0.4 is 10.6 Å². The van der Waals surface area contributed by atoms with Gasteiger partial charge in [0.2, 0.25) is 5.91 Å². The van der Waals surface area contributed by atoms with E-state index in [0.717, 1.165) is 25.0 Å². The number of rotatable bonds is 7. The van der Waals surface area contributed by atoms with Crippen LogP contribution in [-0.4, -0.2) is 41.4 Å². The Labute approximate surface area is 156 Å². The molecule has 2 aliphatic rings. The highest BCUT2D eigenvalue weighted by Crippen LogP contribution is 2.34. The minimum atomic E-state index is -0.929. The summed E-state index contributed by atoms with van der Waals surface area (Å²) in [5.74, 6) is -2.22. The molecule has 0 unspecified atom stereocenters. The van der Waals surface area contributed by atoms with Crippen LogP contribution in [0.4, 0.5) is 13.6 Å². The van der Waals surface area contributed by atoms with Crippen molar-refractivity contribution in [3.63, 3.8) is 0 Å². The predicted octanol–water partition coefficient (Wildman–Crippen LogP) is 2.27. The third kappa shape index (κ3) is 4.26. The molecule has 3 rings (SSSR count). The molecular formula is C19H23F2N3O3. The molecule has 0 atom stereocenters. The number of benzene rings is 1. The summed E-state index contributed by atoms with van der Waals surface area (Å²) in [6.45, 7) is 0.594.